The van der Waals surface area contributed by atoms with Gasteiger partial charge in [-0.25, -0.2) is 0 Å². The van der Waals surface area contributed by atoms with E-state index in [4.69, 9.17) is 0 Å². The van der Waals surface area contributed by atoms with Gasteiger partial charge in [-0.05, 0) is 25.0 Å². The van der Waals surface area contributed by atoms with Gasteiger partial charge in [-0.3, -0.25) is 14.2 Å². The molecule has 2 aromatic heterocycles. The molecule has 0 spiro atoms. The summed E-state index contributed by atoms with van der Waals surface area (Å²) in [6.07, 6.45) is 4.71. The number of fused-ring (bicyclic) bond motifs is 1. The molecule has 2 N–H and O–H groups in total. The SMILES string of the molecule is CN=C(NCCCc1nnc2ccccn12)NC1CCN(C(=O)C(C)C)C1.I. The van der Waals surface area contributed by atoms with E-state index in [1.807, 2.05) is 47.5 Å². The molecule has 0 aliphatic carbocycles. The highest BCUT2D eigenvalue weighted by Gasteiger charge is 2.27. The number of likely N-dealkylation sites (tertiary alicyclic amines) is 1. The molecule has 3 rings (SSSR count). The summed E-state index contributed by atoms with van der Waals surface area (Å²) in [7, 11) is 1.77. The highest BCUT2D eigenvalue weighted by atomic mass is 127. The smallest absolute Gasteiger partial charge is 0.225 e. The van der Waals surface area contributed by atoms with Crippen molar-refractivity contribution >= 4 is 41.5 Å². The molecule has 3 heterocycles. The van der Waals surface area contributed by atoms with Crippen LogP contribution < -0.4 is 10.6 Å². The minimum absolute atomic E-state index is 0. The van der Waals surface area contributed by atoms with Gasteiger partial charge in [0, 0.05) is 51.3 Å². The number of aliphatic imine (C=N–C) groups is 1. The maximum atomic E-state index is 12.1. The number of nitrogens with one attached hydrogen (secondary N) is 2. The van der Waals surface area contributed by atoms with Crippen LogP contribution in [-0.4, -0.2) is 64.1 Å². The van der Waals surface area contributed by atoms with Crippen LogP contribution in [0.2, 0.25) is 0 Å². The van der Waals surface area contributed by atoms with Crippen molar-refractivity contribution in [2.75, 3.05) is 26.7 Å². The number of aryl methyl sites for hydroxylation is 1. The number of hydrogen-bond donors (Lipinski definition) is 2. The summed E-state index contributed by atoms with van der Waals surface area (Å²) in [4.78, 5) is 18.3. The maximum absolute atomic E-state index is 12.1. The molecule has 9 heteroatoms. The normalized spacial score (nSPS) is 17.1. The molecule has 1 amide bonds. The summed E-state index contributed by atoms with van der Waals surface area (Å²) >= 11 is 0. The Balaban J connectivity index is 0.00000280. The lowest BCUT2D eigenvalue weighted by Crippen LogP contribution is -2.45. The average Bonchev–Trinajstić information content (AvgIpc) is 3.30. The third kappa shape index (κ3) is 5.55. The molecule has 1 fully saturated rings. The molecule has 0 aromatic carbocycles. The predicted octanol–water partition coefficient (Wildman–Crippen LogP) is 1.70. The fourth-order valence-electron chi connectivity index (χ4n) is 3.35. The van der Waals surface area contributed by atoms with Crippen molar-refractivity contribution in [3.63, 3.8) is 0 Å². The number of guanidine groups is 1. The van der Waals surface area contributed by atoms with Crippen molar-refractivity contribution in [3.05, 3.63) is 30.2 Å². The number of carbonyl (C=O) groups is 1. The number of pyridine rings is 1. The monoisotopic (exact) mass is 499 g/mol. The van der Waals surface area contributed by atoms with Crippen molar-refractivity contribution in [1.82, 2.24) is 30.1 Å². The predicted molar refractivity (Wildman–Crippen MR) is 121 cm³/mol. The number of hydrogen-bond acceptors (Lipinski definition) is 4. The van der Waals surface area contributed by atoms with Crippen molar-refractivity contribution in [3.8, 4) is 0 Å². The van der Waals surface area contributed by atoms with E-state index in [-0.39, 0.29) is 41.8 Å². The van der Waals surface area contributed by atoms with Gasteiger partial charge in [-0.2, -0.15) is 0 Å². The molecule has 2 aromatic rings. The fourth-order valence-corrected chi connectivity index (χ4v) is 3.35. The second-order valence-electron chi connectivity index (χ2n) is 7.22. The Morgan fingerprint density at radius 3 is 2.93 bits per heavy atom. The first-order chi connectivity index (χ1) is 13.1. The van der Waals surface area contributed by atoms with E-state index in [0.29, 0.717) is 0 Å². The molecule has 1 aliphatic heterocycles. The van der Waals surface area contributed by atoms with Crippen molar-refractivity contribution in [1.29, 1.82) is 0 Å². The summed E-state index contributed by atoms with van der Waals surface area (Å²) in [6, 6.07) is 6.15. The first-order valence-electron chi connectivity index (χ1n) is 9.63. The van der Waals surface area contributed by atoms with Gasteiger partial charge in [0.15, 0.2) is 11.6 Å². The Kier molecular flexibility index (Phi) is 8.46. The second-order valence-corrected chi connectivity index (χ2v) is 7.22. The van der Waals surface area contributed by atoms with Gasteiger partial charge in [0.25, 0.3) is 0 Å². The summed E-state index contributed by atoms with van der Waals surface area (Å²) in [5, 5.41) is 15.2. The summed E-state index contributed by atoms with van der Waals surface area (Å²) in [6.45, 7) is 6.24. The van der Waals surface area contributed by atoms with E-state index in [1.54, 1.807) is 7.05 Å². The van der Waals surface area contributed by atoms with Crippen LogP contribution in [0.5, 0.6) is 0 Å². The zero-order chi connectivity index (χ0) is 19.2. The largest absolute Gasteiger partial charge is 0.356 e. The molecule has 0 bridgehead atoms. The standard InChI is InChI=1S/C19H29N7O.HI/c1-14(2)18(27)25-12-9-15(13-25)22-19(20-3)21-10-6-8-17-24-23-16-7-4-5-11-26(16)17;/h4-5,7,11,14-15H,6,8-10,12-13H2,1-3H3,(H2,20,21,22);1H. The van der Waals surface area contributed by atoms with Crippen LogP contribution in [0.25, 0.3) is 5.65 Å². The minimum atomic E-state index is 0. The zero-order valence-electron chi connectivity index (χ0n) is 16.8. The molecule has 0 saturated carbocycles. The van der Waals surface area contributed by atoms with E-state index in [0.717, 1.165) is 56.3 Å². The molecule has 1 atom stereocenters. The van der Waals surface area contributed by atoms with Crippen LogP contribution >= 0.6 is 24.0 Å². The molecule has 0 radical (unpaired) electrons. The van der Waals surface area contributed by atoms with Gasteiger partial charge in [0.1, 0.15) is 5.82 Å². The lowest BCUT2D eigenvalue weighted by atomic mass is 10.2. The fraction of sp³-hybridized carbons (Fsp3) is 0.579. The molecular weight excluding hydrogens is 469 g/mol. The van der Waals surface area contributed by atoms with Crippen molar-refractivity contribution in [2.24, 2.45) is 10.9 Å². The summed E-state index contributed by atoms with van der Waals surface area (Å²) in [5.74, 6) is 2.02. The zero-order valence-corrected chi connectivity index (χ0v) is 19.1. The molecule has 1 unspecified atom stereocenters. The van der Waals surface area contributed by atoms with E-state index < -0.39 is 0 Å². The van der Waals surface area contributed by atoms with Crippen LogP contribution in [0.4, 0.5) is 0 Å². The summed E-state index contributed by atoms with van der Waals surface area (Å²) < 4.78 is 2.02. The van der Waals surface area contributed by atoms with Crippen LogP contribution in [0.3, 0.4) is 0 Å². The van der Waals surface area contributed by atoms with E-state index in [2.05, 4.69) is 25.8 Å². The third-order valence-corrected chi connectivity index (χ3v) is 4.81. The van der Waals surface area contributed by atoms with Gasteiger partial charge in [-0.15, -0.1) is 34.2 Å². The van der Waals surface area contributed by atoms with Crippen molar-refractivity contribution in [2.45, 2.75) is 39.2 Å². The highest BCUT2D eigenvalue weighted by Crippen LogP contribution is 2.12. The lowest BCUT2D eigenvalue weighted by molar-refractivity contribution is -0.133. The Morgan fingerprint density at radius 1 is 1.36 bits per heavy atom. The number of aromatic nitrogens is 3. The average molecular weight is 499 g/mol. The molecule has 154 valence electrons. The number of carbonyl (C=O) groups excluding carboxylic acids is 1. The Bertz CT molecular complexity index is 804. The van der Waals surface area contributed by atoms with Crippen LogP contribution in [0.15, 0.2) is 29.4 Å². The third-order valence-electron chi connectivity index (χ3n) is 4.81. The lowest BCUT2D eigenvalue weighted by Gasteiger charge is -2.20. The topological polar surface area (TPSA) is 86.9 Å². The number of halogens is 1. The van der Waals surface area contributed by atoms with Crippen LogP contribution in [0.1, 0.15) is 32.5 Å². The molecule has 28 heavy (non-hydrogen) atoms. The molecule has 8 nitrogen and oxygen atoms in total. The Morgan fingerprint density at radius 2 is 2.18 bits per heavy atom. The highest BCUT2D eigenvalue weighted by molar-refractivity contribution is 14.0. The number of nitrogens with zero attached hydrogens (tertiary/aromatic N) is 5. The number of amides is 1. The van der Waals surface area contributed by atoms with Gasteiger partial charge in [-0.1, -0.05) is 19.9 Å². The van der Waals surface area contributed by atoms with Gasteiger partial charge >= 0.3 is 0 Å². The van der Waals surface area contributed by atoms with E-state index in [1.165, 1.54) is 0 Å². The van der Waals surface area contributed by atoms with Gasteiger partial charge in [0.2, 0.25) is 5.91 Å². The second kappa shape index (κ2) is 10.6. The maximum Gasteiger partial charge on any atom is 0.225 e. The molecule has 1 saturated heterocycles. The number of rotatable bonds is 6. The van der Waals surface area contributed by atoms with Gasteiger partial charge < -0.3 is 15.5 Å². The first kappa shape index (κ1) is 22.4. The Hall–Kier alpha value is -1.91. The van der Waals surface area contributed by atoms with Gasteiger partial charge in [0.05, 0.1) is 0 Å². The van der Waals surface area contributed by atoms with Crippen molar-refractivity contribution < 1.29 is 4.79 Å². The molecule has 1 aliphatic rings. The Labute approximate surface area is 183 Å². The first-order valence-corrected chi connectivity index (χ1v) is 9.63. The minimum Gasteiger partial charge on any atom is -0.356 e. The van der Waals surface area contributed by atoms with E-state index in [9.17, 15) is 4.79 Å². The van der Waals surface area contributed by atoms with Crippen LogP contribution in [0, 0.1) is 5.92 Å². The molecular formula is C19H30IN7O. The summed E-state index contributed by atoms with van der Waals surface area (Å²) in [5.41, 5.74) is 0.875. The quantitative estimate of drug-likeness (QED) is 0.274. The van der Waals surface area contributed by atoms with Crippen LogP contribution in [-0.2, 0) is 11.2 Å². The van der Waals surface area contributed by atoms with E-state index >= 15 is 0 Å².